The van der Waals surface area contributed by atoms with E-state index in [2.05, 4.69) is 10.3 Å². The summed E-state index contributed by atoms with van der Waals surface area (Å²) in [6.45, 7) is 0.420. The minimum atomic E-state index is -0.301. The number of hydrogen-bond donors (Lipinski definition) is 1. The molecule has 0 saturated heterocycles. The van der Waals surface area contributed by atoms with Crippen LogP contribution in [0.4, 0.5) is 4.39 Å². The first-order valence-corrected chi connectivity index (χ1v) is 8.66. The lowest BCUT2D eigenvalue weighted by molar-refractivity contribution is -0.121. The molecule has 0 fully saturated rings. The second-order valence-electron chi connectivity index (χ2n) is 6.00. The van der Waals surface area contributed by atoms with E-state index in [9.17, 15) is 9.18 Å². The monoisotopic (exact) mass is 368 g/mol. The molecule has 1 atom stereocenters. The van der Waals surface area contributed by atoms with Gasteiger partial charge in [0.2, 0.25) is 5.91 Å². The minimum Gasteiger partial charge on any atom is -0.352 e. The van der Waals surface area contributed by atoms with E-state index in [0.29, 0.717) is 11.6 Å². The Morgan fingerprint density at radius 2 is 1.69 bits per heavy atom. The van der Waals surface area contributed by atoms with E-state index in [1.807, 2.05) is 24.3 Å². The standard InChI is InChI=1S/C21H18ClFN2O/c22-18-7-3-16(4-8-18)20(17-5-9-19(23)10-6-17)12-21(26)25-14-15-2-1-11-24-13-15/h1-11,13,20H,12,14H2,(H,25,26)/t20-/m1/s1. The Labute approximate surface area is 156 Å². The van der Waals surface area contributed by atoms with Crippen LogP contribution in [0.1, 0.15) is 29.0 Å². The zero-order valence-corrected chi connectivity index (χ0v) is 14.8. The van der Waals surface area contributed by atoms with Crippen LogP contribution in [-0.2, 0) is 11.3 Å². The average molecular weight is 369 g/mol. The van der Waals surface area contributed by atoms with Crippen molar-refractivity contribution in [3.63, 3.8) is 0 Å². The summed E-state index contributed by atoms with van der Waals surface area (Å²) < 4.78 is 13.3. The SMILES string of the molecule is O=C(C[C@@H](c1ccc(F)cc1)c1ccc(Cl)cc1)NCc1cccnc1. The molecule has 0 bridgehead atoms. The number of pyridine rings is 1. The summed E-state index contributed by atoms with van der Waals surface area (Å²) in [5.74, 6) is -0.565. The number of carbonyl (C=O) groups is 1. The van der Waals surface area contributed by atoms with Crippen LogP contribution in [0.2, 0.25) is 5.02 Å². The highest BCUT2D eigenvalue weighted by atomic mass is 35.5. The van der Waals surface area contributed by atoms with Crippen LogP contribution in [0.15, 0.2) is 73.1 Å². The number of nitrogens with zero attached hydrogens (tertiary/aromatic N) is 1. The van der Waals surface area contributed by atoms with E-state index in [1.54, 1.807) is 36.7 Å². The Balaban J connectivity index is 1.75. The maximum Gasteiger partial charge on any atom is 0.221 e. The number of aromatic nitrogens is 1. The molecule has 1 heterocycles. The van der Waals surface area contributed by atoms with E-state index in [0.717, 1.165) is 16.7 Å². The van der Waals surface area contributed by atoms with E-state index < -0.39 is 0 Å². The van der Waals surface area contributed by atoms with Crippen molar-refractivity contribution in [1.29, 1.82) is 0 Å². The van der Waals surface area contributed by atoms with E-state index in [4.69, 9.17) is 11.6 Å². The summed E-state index contributed by atoms with van der Waals surface area (Å²) in [5, 5.41) is 3.54. The van der Waals surface area contributed by atoms with Crippen LogP contribution in [0, 0.1) is 5.82 Å². The van der Waals surface area contributed by atoms with Gasteiger partial charge < -0.3 is 5.32 Å². The number of rotatable bonds is 6. The molecule has 1 N–H and O–H groups in total. The molecule has 0 aliphatic rings. The lowest BCUT2D eigenvalue weighted by Crippen LogP contribution is -2.25. The van der Waals surface area contributed by atoms with Crippen LogP contribution >= 0.6 is 11.6 Å². The Kier molecular flexibility index (Phi) is 5.97. The topological polar surface area (TPSA) is 42.0 Å². The molecule has 3 aromatic rings. The number of halogens is 2. The van der Waals surface area contributed by atoms with E-state index in [-0.39, 0.29) is 24.1 Å². The van der Waals surface area contributed by atoms with Crippen molar-refractivity contribution in [2.75, 3.05) is 0 Å². The Hall–Kier alpha value is -2.72. The highest BCUT2D eigenvalue weighted by Gasteiger charge is 2.18. The van der Waals surface area contributed by atoms with Gasteiger partial charge in [-0.25, -0.2) is 4.39 Å². The number of benzene rings is 2. The van der Waals surface area contributed by atoms with Gasteiger partial charge in [-0.05, 0) is 47.0 Å². The highest BCUT2D eigenvalue weighted by molar-refractivity contribution is 6.30. The second-order valence-corrected chi connectivity index (χ2v) is 6.43. The van der Waals surface area contributed by atoms with Gasteiger partial charge in [0, 0.05) is 36.3 Å². The largest absolute Gasteiger partial charge is 0.352 e. The zero-order chi connectivity index (χ0) is 18.4. The molecule has 0 radical (unpaired) electrons. The first-order chi connectivity index (χ1) is 12.6. The third-order valence-electron chi connectivity index (χ3n) is 4.15. The maximum atomic E-state index is 13.3. The molecular weight excluding hydrogens is 351 g/mol. The van der Waals surface area contributed by atoms with E-state index in [1.165, 1.54) is 12.1 Å². The van der Waals surface area contributed by atoms with Gasteiger partial charge in [-0.15, -0.1) is 0 Å². The maximum absolute atomic E-state index is 13.3. The summed E-state index contributed by atoms with van der Waals surface area (Å²) >= 11 is 5.97. The molecule has 3 nitrogen and oxygen atoms in total. The summed E-state index contributed by atoms with van der Waals surface area (Å²) in [4.78, 5) is 16.5. The first kappa shape index (κ1) is 18.1. The van der Waals surface area contributed by atoms with Crippen LogP contribution in [0.25, 0.3) is 0 Å². The molecule has 0 aliphatic heterocycles. The van der Waals surface area contributed by atoms with Crippen molar-refractivity contribution in [3.05, 3.63) is 101 Å². The molecule has 0 saturated carbocycles. The van der Waals surface area contributed by atoms with Crippen molar-refractivity contribution in [2.45, 2.75) is 18.9 Å². The number of carbonyl (C=O) groups excluding carboxylic acids is 1. The zero-order valence-electron chi connectivity index (χ0n) is 14.0. The molecule has 1 aromatic heterocycles. The summed E-state index contributed by atoms with van der Waals surface area (Å²) in [6.07, 6.45) is 3.67. The third kappa shape index (κ3) is 4.90. The smallest absolute Gasteiger partial charge is 0.221 e. The quantitative estimate of drug-likeness (QED) is 0.684. The predicted octanol–water partition coefficient (Wildman–Crippen LogP) is 4.71. The van der Waals surface area contributed by atoms with Crippen molar-refractivity contribution in [2.24, 2.45) is 0 Å². The fourth-order valence-corrected chi connectivity index (χ4v) is 2.91. The van der Waals surface area contributed by atoms with Crippen molar-refractivity contribution in [3.8, 4) is 0 Å². The Morgan fingerprint density at radius 3 is 2.31 bits per heavy atom. The van der Waals surface area contributed by atoms with E-state index >= 15 is 0 Å². The molecule has 0 unspecified atom stereocenters. The van der Waals surface area contributed by atoms with Crippen molar-refractivity contribution >= 4 is 17.5 Å². The molecular formula is C21H18ClFN2O. The second kappa shape index (κ2) is 8.59. The highest BCUT2D eigenvalue weighted by Crippen LogP contribution is 2.29. The summed E-state index contributed by atoms with van der Waals surface area (Å²) in [6, 6.07) is 17.3. The van der Waals surface area contributed by atoms with Gasteiger partial charge in [-0.3, -0.25) is 9.78 Å². The summed E-state index contributed by atoms with van der Waals surface area (Å²) in [5.41, 5.74) is 2.77. The van der Waals surface area contributed by atoms with Gasteiger partial charge in [0.05, 0.1) is 0 Å². The number of hydrogen-bond acceptors (Lipinski definition) is 2. The molecule has 1 amide bonds. The number of nitrogens with one attached hydrogen (secondary N) is 1. The third-order valence-corrected chi connectivity index (χ3v) is 4.40. The van der Waals surface area contributed by atoms with Crippen molar-refractivity contribution < 1.29 is 9.18 Å². The fraction of sp³-hybridized carbons (Fsp3) is 0.143. The lowest BCUT2D eigenvalue weighted by atomic mass is 9.88. The molecule has 132 valence electrons. The molecule has 0 aliphatic carbocycles. The first-order valence-electron chi connectivity index (χ1n) is 8.28. The molecule has 0 spiro atoms. The molecule has 3 rings (SSSR count). The van der Waals surface area contributed by atoms with Gasteiger partial charge in [0.15, 0.2) is 0 Å². The van der Waals surface area contributed by atoms with Gasteiger partial charge in [0.25, 0.3) is 0 Å². The molecule has 26 heavy (non-hydrogen) atoms. The summed E-state index contributed by atoms with van der Waals surface area (Å²) in [7, 11) is 0. The van der Waals surface area contributed by atoms with Gasteiger partial charge >= 0.3 is 0 Å². The van der Waals surface area contributed by atoms with Crippen LogP contribution < -0.4 is 5.32 Å². The lowest BCUT2D eigenvalue weighted by Gasteiger charge is -2.18. The average Bonchev–Trinajstić information content (AvgIpc) is 2.67. The van der Waals surface area contributed by atoms with Gasteiger partial charge in [-0.2, -0.15) is 0 Å². The van der Waals surface area contributed by atoms with Gasteiger partial charge in [0.1, 0.15) is 5.82 Å². The normalized spacial score (nSPS) is 11.8. The van der Waals surface area contributed by atoms with Crippen LogP contribution in [-0.4, -0.2) is 10.9 Å². The Morgan fingerprint density at radius 1 is 1.04 bits per heavy atom. The van der Waals surface area contributed by atoms with Crippen molar-refractivity contribution in [1.82, 2.24) is 10.3 Å². The predicted molar refractivity (Wildman–Crippen MR) is 100 cm³/mol. The Bertz CT molecular complexity index is 806. The fourth-order valence-electron chi connectivity index (χ4n) is 2.78. The minimum absolute atomic E-state index is 0.0851. The molecule has 5 heteroatoms. The van der Waals surface area contributed by atoms with Gasteiger partial charge in [-0.1, -0.05) is 41.9 Å². The number of amides is 1. The van der Waals surface area contributed by atoms with Crippen LogP contribution in [0.5, 0.6) is 0 Å². The molecule has 2 aromatic carbocycles. The van der Waals surface area contributed by atoms with Crippen LogP contribution in [0.3, 0.4) is 0 Å².